The van der Waals surface area contributed by atoms with E-state index in [4.69, 9.17) is 15.3 Å². The van der Waals surface area contributed by atoms with E-state index in [2.05, 4.69) is 0 Å². The van der Waals surface area contributed by atoms with Crippen LogP contribution in [-0.4, -0.2) is 5.78 Å². The third-order valence-corrected chi connectivity index (χ3v) is 2.77. The lowest BCUT2D eigenvalue weighted by atomic mass is 10.1. The van der Waals surface area contributed by atoms with Gasteiger partial charge in [0.2, 0.25) is 0 Å². The largest absolute Gasteiger partial charge is 0.453 e. The number of halogens is 1. The molecule has 0 fully saturated rings. The minimum absolute atomic E-state index is 0.102. The molecule has 0 spiro atoms. The maximum Gasteiger partial charge on any atom is 0.167 e. The highest BCUT2D eigenvalue weighted by molar-refractivity contribution is 5.97. The third-order valence-electron chi connectivity index (χ3n) is 2.77. The zero-order valence-corrected chi connectivity index (χ0v) is 11.1. The predicted molar refractivity (Wildman–Crippen MR) is 72.4 cm³/mol. The second-order valence-corrected chi connectivity index (χ2v) is 4.24. The van der Waals surface area contributed by atoms with E-state index >= 15 is 0 Å². The predicted octanol–water partition coefficient (Wildman–Crippen LogP) is 3.56. The van der Waals surface area contributed by atoms with Crippen molar-refractivity contribution in [3.8, 4) is 23.6 Å². The number of nitrogens with zero attached hydrogens (tertiary/aromatic N) is 2. The molecule has 0 aliphatic rings. The van der Waals surface area contributed by atoms with E-state index in [0.29, 0.717) is 5.56 Å². The van der Waals surface area contributed by atoms with Gasteiger partial charge in [-0.3, -0.25) is 4.79 Å². The highest BCUT2D eigenvalue weighted by atomic mass is 19.1. The van der Waals surface area contributed by atoms with Gasteiger partial charge in [0.05, 0.1) is 28.8 Å². The molecule has 0 atom stereocenters. The lowest BCUT2D eigenvalue weighted by Gasteiger charge is -2.10. The first-order valence-corrected chi connectivity index (χ1v) is 5.97. The summed E-state index contributed by atoms with van der Waals surface area (Å²) in [6.45, 7) is 1.35. The van der Waals surface area contributed by atoms with Crippen LogP contribution in [0.2, 0.25) is 0 Å². The van der Waals surface area contributed by atoms with Gasteiger partial charge >= 0.3 is 0 Å². The average molecular weight is 280 g/mol. The Morgan fingerprint density at radius 2 is 1.67 bits per heavy atom. The smallest absolute Gasteiger partial charge is 0.167 e. The first-order chi connectivity index (χ1) is 10.0. The van der Waals surface area contributed by atoms with Crippen molar-refractivity contribution in [2.75, 3.05) is 0 Å². The molecule has 0 aliphatic heterocycles. The molecule has 2 aromatic carbocycles. The molecule has 0 heterocycles. The van der Waals surface area contributed by atoms with Crippen LogP contribution < -0.4 is 4.74 Å². The first kappa shape index (κ1) is 14.2. The number of benzene rings is 2. The van der Waals surface area contributed by atoms with E-state index < -0.39 is 5.82 Å². The second kappa shape index (κ2) is 5.85. The van der Waals surface area contributed by atoms with Crippen LogP contribution in [0.5, 0.6) is 11.5 Å². The van der Waals surface area contributed by atoms with Gasteiger partial charge in [-0.1, -0.05) is 0 Å². The standard InChI is InChI=1S/C16H9FN2O2/c1-10(20)13-4-2-12(9-19)7-16(13)21-15-5-3-11(8-18)6-14(15)17/h2-7H,1H3. The summed E-state index contributed by atoms with van der Waals surface area (Å²) < 4.78 is 19.2. The van der Waals surface area contributed by atoms with Crippen molar-refractivity contribution in [1.29, 1.82) is 10.5 Å². The van der Waals surface area contributed by atoms with E-state index in [1.807, 2.05) is 12.1 Å². The highest BCUT2D eigenvalue weighted by Gasteiger charge is 2.13. The first-order valence-electron chi connectivity index (χ1n) is 5.97. The van der Waals surface area contributed by atoms with Crippen molar-refractivity contribution in [3.05, 3.63) is 58.9 Å². The summed E-state index contributed by atoms with van der Waals surface area (Å²) >= 11 is 0. The van der Waals surface area contributed by atoms with E-state index in [-0.39, 0.29) is 28.4 Å². The second-order valence-electron chi connectivity index (χ2n) is 4.24. The van der Waals surface area contributed by atoms with E-state index in [1.54, 1.807) is 0 Å². The number of hydrogen-bond acceptors (Lipinski definition) is 4. The fourth-order valence-electron chi connectivity index (χ4n) is 1.74. The van der Waals surface area contributed by atoms with Crippen LogP contribution in [0.1, 0.15) is 28.4 Å². The highest BCUT2D eigenvalue weighted by Crippen LogP contribution is 2.29. The summed E-state index contributed by atoms with van der Waals surface area (Å²) in [5.41, 5.74) is 0.708. The molecular weight excluding hydrogens is 271 g/mol. The molecule has 2 aromatic rings. The van der Waals surface area contributed by atoms with Crippen molar-refractivity contribution in [2.24, 2.45) is 0 Å². The molecule has 5 heteroatoms. The summed E-state index contributed by atoms with van der Waals surface area (Å²) in [6.07, 6.45) is 0. The fraction of sp³-hybridized carbons (Fsp3) is 0.0625. The summed E-state index contributed by atoms with van der Waals surface area (Å²) in [5.74, 6) is -0.994. The molecule has 0 aromatic heterocycles. The molecular formula is C16H9FN2O2. The Morgan fingerprint density at radius 1 is 1.05 bits per heavy atom. The molecule has 21 heavy (non-hydrogen) atoms. The number of ketones is 1. The molecule has 0 amide bonds. The number of hydrogen-bond donors (Lipinski definition) is 0. The van der Waals surface area contributed by atoms with Crippen LogP contribution in [0.4, 0.5) is 4.39 Å². The van der Waals surface area contributed by atoms with Gasteiger partial charge in [0.1, 0.15) is 5.75 Å². The monoisotopic (exact) mass is 280 g/mol. The zero-order chi connectivity index (χ0) is 15.4. The third kappa shape index (κ3) is 3.05. The van der Waals surface area contributed by atoms with Crippen LogP contribution in [-0.2, 0) is 0 Å². The molecule has 0 N–H and O–H groups in total. The molecule has 102 valence electrons. The van der Waals surface area contributed by atoms with Gasteiger partial charge < -0.3 is 4.74 Å². The van der Waals surface area contributed by atoms with Crippen molar-refractivity contribution in [3.63, 3.8) is 0 Å². The Bertz CT molecular complexity index is 801. The van der Waals surface area contributed by atoms with Crippen molar-refractivity contribution >= 4 is 5.78 Å². The fourth-order valence-corrected chi connectivity index (χ4v) is 1.74. The summed E-state index contributed by atoms with van der Waals surface area (Å²) in [7, 11) is 0. The summed E-state index contributed by atoms with van der Waals surface area (Å²) in [5, 5.41) is 17.6. The Hall–Kier alpha value is -3.18. The quantitative estimate of drug-likeness (QED) is 0.805. The van der Waals surface area contributed by atoms with E-state index in [9.17, 15) is 9.18 Å². The van der Waals surface area contributed by atoms with Gasteiger partial charge in [0.25, 0.3) is 0 Å². The molecule has 0 saturated heterocycles. The molecule has 0 aliphatic carbocycles. The van der Waals surface area contributed by atoms with Gasteiger partial charge in [-0.05, 0) is 43.3 Å². The Morgan fingerprint density at radius 3 is 2.24 bits per heavy atom. The van der Waals surface area contributed by atoms with Gasteiger partial charge in [-0.15, -0.1) is 0 Å². The number of Topliss-reactive ketones (excluding diaryl/α,β-unsaturated/α-hetero) is 1. The van der Waals surface area contributed by atoms with Crippen LogP contribution in [0.25, 0.3) is 0 Å². The van der Waals surface area contributed by atoms with Gasteiger partial charge in [0.15, 0.2) is 17.3 Å². The summed E-state index contributed by atoms with van der Waals surface area (Å²) in [4.78, 5) is 11.5. The van der Waals surface area contributed by atoms with Gasteiger partial charge in [-0.2, -0.15) is 10.5 Å². The zero-order valence-electron chi connectivity index (χ0n) is 11.1. The maximum atomic E-state index is 13.8. The Kier molecular flexibility index (Phi) is 3.97. The van der Waals surface area contributed by atoms with Gasteiger partial charge in [0, 0.05) is 0 Å². The minimum Gasteiger partial charge on any atom is -0.453 e. The molecule has 0 radical (unpaired) electrons. The van der Waals surface area contributed by atoms with Crippen LogP contribution in [0.15, 0.2) is 36.4 Å². The lowest BCUT2D eigenvalue weighted by molar-refractivity contribution is 0.101. The lowest BCUT2D eigenvalue weighted by Crippen LogP contribution is -1.99. The normalized spacial score (nSPS) is 9.52. The Balaban J connectivity index is 2.46. The number of rotatable bonds is 3. The number of nitriles is 2. The van der Waals surface area contributed by atoms with Crippen LogP contribution in [0, 0.1) is 28.5 Å². The van der Waals surface area contributed by atoms with Crippen molar-refractivity contribution in [2.45, 2.75) is 6.92 Å². The maximum absolute atomic E-state index is 13.8. The molecule has 4 nitrogen and oxygen atoms in total. The minimum atomic E-state index is -0.717. The topological polar surface area (TPSA) is 73.9 Å². The van der Waals surface area contributed by atoms with Crippen molar-refractivity contribution in [1.82, 2.24) is 0 Å². The van der Waals surface area contributed by atoms with Gasteiger partial charge in [-0.25, -0.2) is 4.39 Å². The molecule has 0 saturated carbocycles. The van der Waals surface area contributed by atoms with E-state index in [0.717, 1.165) is 6.07 Å². The number of carbonyl (C=O) groups is 1. The van der Waals surface area contributed by atoms with Crippen LogP contribution >= 0.6 is 0 Å². The molecule has 2 rings (SSSR count). The average Bonchev–Trinajstić information content (AvgIpc) is 2.48. The molecule has 0 unspecified atom stereocenters. The SMILES string of the molecule is CC(=O)c1ccc(C#N)cc1Oc1ccc(C#N)cc1F. The van der Waals surface area contributed by atoms with Crippen LogP contribution in [0.3, 0.4) is 0 Å². The Labute approximate surface area is 120 Å². The van der Waals surface area contributed by atoms with Crippen molar-refractivity contribution < 1.29 is 13.9 Å². The molecule has 0 bridgehead atoms. The number of ether oxygens (including phenoxy) is 1. The van der Waals surface area contributed by atoms with E-state index in [1.165, 1.54) is 37.3 Å². The number of carbonyl (C=O) groups excluding carboxylic acids is 1. The summed E-state index contributed by atoms with van der Waals surface area (Å²) in [6, 6.07) is 11.8.